The molecule has 1 aromatic carbocycles. The first-order valence-corrected chi connectivity index (χ1v) is 12.9. The van der Waals surface area contributed by atoms with Gasteiger partial charge in [-0.15, -0.1) is 13.2 Å². The standard InChI is InChI=1S/C25H24ClF4N5O8/c1-3-39-21(37)24(22(38)40-4-2,9-12-5-7-13(8-6-12)43-25(28,29)30)41-10-14-17(36)15(27)20(42-14)35-11-32-16-18(31)33-23(26)34-19(16)35/h5-8,11,15,20,36H,3-4,9-10H2,1-2H3,(H2,31,33,34)/t15-,20+/m0/s1. The number of aliphatic hydroxyl groups excluding tert-OH is 1. The summed E-state index contributed by atoms with van der Waals surface area (Å²) in [5.74, 6) is -4.48. The molecule has 0 amide bonds. The van der Waals surface area contributed by atoms with E-state index in [1.165, 1.54) is 13.8 Å². The predicted molar refractivity (Wildman–Crippen MR) is 138 cm³/mol. The van der Waals surface area contributed by atoms with Crippen LogP contribution < -0.4 is 10.5 Å². The third-order valence-electron chi connectivity index (χ3n) is 6.03. The number of carbonyl (C=O) groups is 2. The van der Waals surface area contributed by atoms with Crippen LogP contribution in [0.3, 0.4) is 0 Å². The predicted octanol–water partition coefficient (Wildman–Crippen LogP) is 3.72. The Morgan fingerprint density at radius 3 is 2.33 bits per heavy atom. The minimum atomic E-state index is -4.94. The van der Waals surface area contributed by atoms with Crippen LogP contribution >= 0.6 is 11.6 Å². The van der Waals surface area contributed by atoms with Crippen LogP contribution in [0.5, 0.6) is 5.75 Å². The molecule has 0 radical (unpaired) electrons. The average Bonchev–Trinajstić information content (AvgIpc) is 3.47. The van der Waals surface area contributed by atoms with Crippen molar-refractivity contribution in [1.82, 2.24) is 19.5 Å². The van der Waals surface area contributed by atoms with Crippen molar-refractivity contribution in [2.45, 2.75) is 44.6 Å². The number of nitrogens with two attached hydrogens (primary N) is 1. The van der Waals surface area contributed by atoms with Crippen molar-refractivity contribution in [3.8, 4) is 5.75 Å². The Balaban J connectivity index is 1.63. The zero-order valence-corrected chi connectivity index (χ0v) is 23.2. The maximum Gasteiger partial charge on any atom is 0.573 e. The highest BCUT2D eigenvalue weighted by molar-refractivity contribution is 6.28. The van der Waals surface area contributed by atoms with E-state index in [4.69, 9.17) is 36.3 Å². The highest BCUT2D eigenvalue weighted by Crippen LogP contribution is 2.37. The lowest BCUT2D eigenvalue weighted by Gasteiger charge is -2.29. The zero-order valence-electron chi connectivity index (χ0n) is 22.4. The molecule has 0 bridgehead atoms. The van der Waals surface area contributed by atoms with Gasteiger partial charge in [0, 0.05) is 6.42 Å². The van der Waals surface area contributed by atoms with E-state index in [0.717, 1.165) is 35.2 Å². The number of fused-ring (bicyclic) bond motifs is 1. The Labute approximate surface area is 245 Å². The molecule has 0 unspecified atom stereocenters. The van der Waals surface area contributed by atoms with Gasteiger partial charge in [-0.2, -0.15) is 9.97 Å². The van der Waals surface area contributed by atoms with Gasteiger partial charge in [0.25, 0.3) is 5.60 Å². The SMILES string of the molecule is CCOC(=O)C(Cc1ccc(OC(F)(F)F)cc1)(OCC1=C(O)[C@H](F)[C@H](n2cnc3c(N)nc(Cl)nc32)O1)C(=O)OCC. The van der Waals surface area contributed by atoms with Crippen molar-refractivity contribution in [3.63, 3.8) is 0 Å². The zero-order chi connectivity index (χ0) is 31.5. The van der Waals surface area contributed by atoms with E-state index < -0.39 is 66.6 Å². The van der Waals surface area contributed by atoms with E-state index >= 15 is 4.39 Å². The Morgan fingerprint density at radius 1 is 1.12 bits per heavy atom. The fourth-order valence-corrected chi connectivity index (χ4v) is 4.31. The van der Waals surface area contributed by atoms with Crippen molar-refractivity contribution in [3.05, 3.63) is 53.0 Å². The van der Waals surface area contributed by atoms with Gasteiger partial charge in [0.15, 0.2) is 23.0 Å². The molecule has 0 saturated heterocycles. The number of aliphatic hydroxyl groups is 1. The van der Waals surface area contributed by atoms with Gasteiger partial charge in [-0.25, -0.2) is 19.0 Å². The third-order valence-corrected chi connectivity index (χ3v) is 6.19. The Bertz CT molecular complexity index is 1510. The number of halogens is 5. The summed E-state index contributed by atoms with van der Waals surface area (Å²) >= 11 is 5.86. The van der Waals surface area contributed by atoms with E-state index in [0.29, 0.717) is 0 Å². The molecule has 0 aliphatic carbocycles. The molecule has 3 aromatic rings. The number of hydrogen-bond donors (Lipinski definition) is 2. The van der Waals surface area contributed by atoms with Crippen molar-refractivity contribution >= 4 is 40.5 Å². The topological polar surface area (TPSA) is 170 Å². The number of alkyl halides is 4. The lowest BCUT2D eigenvalue weighted by molar-refractivity contribution is -0.274. The second-order valence-electron chi connectivity index (χ2n) is 8.85. The molecule has 0 spiro atoms. The second-order valence-corrected chi connectivity index (χ2v) is 9.18. The normalized spacial score (nSPS) is 17.2. The molecule has 13 nitrogen and oxygen atoms in total. The quantitative estimate of drug-likeness (QED) is 0.136. The molecule has 4 rings (SSSR count). The maximum atomic E-state index is 15.3. The van der Waals surface area contributed by atoms with Gasteiger partial charge in [0.2, 0.25) is 17.7 Å². The summed E-state index contributed by atoms with van der Waals surface area (Å²) in [7, 11) is 0. The van der Waals surface area contributed by atoms with Crippen LogP contribution in [0.2, 0.25) is 5.28 Å². The summed E-state index contributed by atoms with van der Waals surface area (Å²) < 4.78 is 79.4. The minimum absolute atomic E-state index is 0.00883. The Morgan fingerprint density at radius 2 is 1.74 bits per heavy atom. The summed E-state index contributed by atoms with van der Waals surface area (Å²) in [5.41, 5.74) is 3.46. The molecule has 232 valence electrons. The van der Waals surface area contributed by atoms with Gasteiger partial charge in [0.05, 0.1) is 13.2 Å². The lowest BCUT2D eigenvalue weighted by Crippen LogP contribution is -2.53. The van der Waals surface area contributed by atoms with Crippen molar-refractivity contribution < 1.29 is 55.9 Å². The van der Waals surface area contributed by atoms with E-state index in [1.54, 1.807) is 0 Å². The highest BCUT2D eigenvalue weighted by atomic mass is 35.5. The molecule has 2 atom stereocenters. The van der Waals surface area contributed by atoms with Crippen LogP contribution in [0, 0.1) is 0 Å². The Hall–Kier alpha value is -4.38. The van der Waals surface area contributed by atoms with Gasteiger partial charge in [0.1, 0.15) is 24.2 Å². The van der Waals surface area contributed by atoms with Crippen LogP contribution in [-0.2, 0) is 35.0 Å². The summed E-state index contributed by atoms with van der Waals surface area (Å²) in [6.07, 6.45) is -8.16. The average molecular weight is 634 g/mol. The third kappa shape index (κ3) is 6.67. The highest BCUT2D eigenvalue weighted by Gasteiger charge is 2.52. The van der Waals surface area contributed by atoms with Crippen LogP contribution in [0.4, 0.5) is 23.4 Å². The fourth-order valence-electron chi connectivity index (χ4n) is 4.13. The molecule has 43 heavy (non-hydrogen) atoms. The molecule has 18 heteroatoms. The number of anilines is 1. The first kappa shape index (κ1) is 31.6. The summed E-state index contributed by atoms with van der Waals surface area (Å²) in [6.45, 7) is 1.69. The number of nitrogen functional groups attached to an aromatic ring is 1. The number of carbonyl (C=O) groups excluding carboxylic acids is 2. The molecule has 1 aliphatic rings. The first-order chi connectivity index (χ1) is 20.3. The molecule has 0 saturated carbocycles. The number of nitrogens with zero attached hydrogens (tertiary/aromatic N) is 4. The van der Waals surface area contributed by atoms with Crippen molar-refractivity contribution in [2.24, 2.45) is 0 Å². The molecule has 0 fully saturated rings. The van der Waals surface area contributed by atoms with Crippen LogP contribution in [0.15, 0.2) is 42.1 Å². The number of hydrogen-bond acceptors (Lipinski definition) is 12. The summed E-state index contributed by atoms with van der Waals surface area (Å²) in [5, 5.41) is 10.3. The largest absolute Gasteiger partial charge is 0.573 e. The van der Waals surface area contributed by atoms with E-state index in [2.05, 4.69) is 19.7 Å². The number of aromatic nitrogens is 4. The van der Waals surface area contributed by atoms with Crippen molar-refractivity contribution in [1.29, 1.82) is 0 Å². The van der Waals surface area contributed by atoms with Crippen LogP contribution in [0.25, 0.3) is 11.2 Å². The molecule has 2 aromatic heterocycles. The number of ether oxygens (including phenoxy) is 5. The number of benzene rings is 1. The molecule has 3 N–H and O–H groups in total. The molecular formula is C25H24ClF4N5O8. The molecule has 3 heterocycles. The van der Waals surface area contributed by atoms with Gasteiger partial charge in [-0.05, 0) is 43.1 Å². The molecule has 1 aliphatic heterocycles. The number of imidazole rings is 1. The Kier molecular flexibility index (Phi) is 9.15. The van der Waals surface area contributed by atoms with Crippen molar-refractivity contribution in [2.75, 3.05) is 25.6 Å². The van der Waals surface area contributed by atoms with Gasteiger partial charge in [-0.3, -0.25) is 4.57 Å². The second kappa shape index (κ2) is 12.5. The number of esters is 2. The van der Waals surface area contributed by atoms with E-state index in [1.807, 2.05) is 0 Å². The van der Waals surface area contributed by atoms with Gasteiger partial charge in [-0.1, -0.05) is 12.1 Å². The monoisotopic (exact) mass is 633 g/mol. The maximum absolute atomic E-state index is 15.3. The van der Waals surface area contributed by atoms with Crippen LogP contribution in [-0.4, -0.2) is 74.5 Å². The number of rotatable bonds is 11. The fraction of sp³-hybridized carbons (Fsp3) is 0.400. The van der Waals surface area contributed by atoms with Gasteiger partial charge >= 0.3 is 18.3 Å². The summed E-state index contributed by atoms with van der Waals surface area (Å²) in [4.78, 5) is 38.1. The van der Waals surface area contributed by atoms with Crippen LogP contribution in [0.1, 0.15) is 25.6 Å². The minimum Gasteiger partial charge on any atom is -0.506 e. The van der Waals surface area contributed by atoms with Gasteiger partial charge < -0.3 is 34.5 Å². The molecular weight excluding hydrogens is 610 g/mol. The summed E-state index contributed by atoms with van der Waals surface area (Å²) in [6, 6.07) is 4.26. The first-order valence-electron chi connectivity index (χ1n) is 12.5. The smallest absolute Gasteiger partial charge is 0.506 e. The van der Waals surface area contributed by atoms with E-state index in [-0.39, 0.29) is 41.0 Å². The lowest BCUT2D eigenvalue weighted by atomic mass is 9.93. The van der Waals surface area contributed by atoms with E-state index in [9.17, 15) is 27.9 Å².